The SMILES string of the molecule is N#Cc1ccccc1Nc1ccc(C(=O)N2CCN(c3ncccn3)CC2)nc1. The van der Waals surface area contributed by atoms with Crippen molar-refractivity contribution in [3.8, 4) is 6.07 Å². The number of nitrogens with one attached hydrogen (secondary N) is 1. The third kappa shape index (κ3) is 4.14. The first kappa shape index (κ1) is 18.4. The highest BCUT2D eigenvalue weighted by Gasteiger charge is 2.24. The molecule has 1 saturated heterocycles. The smallest absolute Gasteiger partial charge is 0.272 e. The summed E-state index contributed by atoms with van der Waals surface area (Å²) in [6.45, 7) is 2.54. The number of carbonyl (C=O) groups excluding carboxylic acids is 1. The van der Waals surface area contributed by atoms with Crippen molar-refractivity contribution in [2.24, 2.45) is 0 Å². The van der Waals surface area contributed by atoms with E-state index in [1.165, 1.54) is 0 Å². The molecule has 8 nitrogen and oxygen atoms in total. The lowest BCUT2D eigenvalue weighted by Crippen LogP contribution is -2.49. The maximum Gasteiger partial charge on any atom is 0.272 e. The number of hydrogen-bond donors (Lipinski definition) is 1. The van der Waals surface area contributed by atoms with Gasteiger partial charge in [0, 0.05) is 38.6 Å². The Morgan fingerprint density at radius 1 is 0.966 bits per heavy atom. The van der Waals surface area contributed by atoms with Gasteiger partial charge in [-0.05, 0) is 30.3 Å². The average molecular weight is 385 g/mol. The third-order valence-corrected chi connectivity index (χ3v) is 4.71. The number of aromatic nitrogens is 3. The summed E-state index contributed by atoms with van der Waals surface area (Å²) in [6.07, 6.45) is 5.04. The Hall–Kier alpha value is -3.99. The van der Waals surface area contributed by atoms with Crippen molar-refractivity contribution in [2.75, 3.05) is 36.4 Å². The van der Waals surface area contributed by atoms with Crippen LogP contribution in [-0.4, -0.2) is 51.9 Å². The van der Waals surface area contributed by atoms with E-state index in [1.807, 2.05) is 18.2 Å². The average Bonchev–Trinajstić information content (AvgIpc) is 2.80. The number of benzene rings is 1. The molecule has 1 aliphatic heterocycles. The quantitative estimate of drug-likeness (QED) is 0.736. The van der Waals surface area contributed by atoms with Gasteiger partial charge in [0.25, 0.3) is 5.91 Å². The summed E-state index contributed by atoms with van der Waals surface area (Å²) in [5, 5.41) is 12.3. The van der Waals surface area contributed by atoms with Crippen LogP contribution in [0, 0.1) is 11.3 Å². The number of rotatable bonds is 4. The van der Waals surface area contributed by atoms with Crippen molar-refractivity contribution < 1.29 is 4.79 Å². The fraction of sp³-hybridized carbons (Fsp3) is 0.190. The molecule has 0 saturated carbocycles. The van der Waals surface area contributed by atoms with Gasteiger partial charge in [0.15, 0.2) is 0 Å². The van der Waals surface area contributed by atoms with Gasteiger partial charge in [0.2, 0.25) is 5.95 Å². The first-order valence-corrected chi connectivity index (χ1v) is 9.28. The Bertz CT molecular complexity index is 1020. The summed E-state index contributed by atoms with van der Waals surface area (Å²) in [4.78, 5) is 29.4. The lowest BCUT2D eigenvalue weighted by atomic mass is 10.2. The van der Waals surface area contributed by atoms with Gasteiger partial charge >= 0.3 is 0 Å². The number of pyridine rings is 1. The summed E-state index contributed by atoms with van der Waals surface area (Å²) < 4.78 is 0. The van der Waals surface area contributed by atoms with Crippen LogP contribution in [-0.2, 0) is 0 Å². The van der Waals surface area contributed by atoms with E-state index in [-0.39, 0.29) is 5.91 Å². The van der Waals surface area contributed by atoms with Crippen molar-refractivity contribution in [3.63, 3.8) is 0 Å². The normalized spacial score (nSPS) is 13.6. The number of nitrogens with zero attached hydrogens (tertiary/aromatic N) is 6. The maximum atomic E-state index is 12.8. The van der Waals surface area contributed by atoms with Gasteiger partial charge in [-0.1, -0.05) is 12.1 Å². The largest absolute Gasteiger partial charge is 0.353 e. The molecule has 0 spiro atoms. The molecule has 29 heavy (non-hydrogen) atoms. The number of para-hydroxylation sites is 1. The molecular weight excluding hydrogens is 366 g/mol. The lowest BCUT2D eigenvalue weighted by molar-refractivity contribution is 0.0740. The van der Waals surface area contributed by atoms with E-state index in [0.29, 0.717) is 49.1 Å². The molecule has 144 valence electrons. The van der Waals surface area contributed by atoms with Crippen LogP contribution in [0.1, 0.15) is 16.1 Å². The topological polar surface area (TPSA) is 98.0 Å². The van der Waals surface area contributed by atoms with E-state index in [2.05, 4.69) is 31.2 Å². The fourth-order valence-corrected chi connectivity index (χ4v) is 3.17. The molecule has 0 radical (unpaired) electrons. The molecular formula is C21H19N7O. The molecule has 1 fully saturated rings. The molecule has 3 aromatic rings. The zero-order valence-electron chi connectivity index (χ0n) is 15.7. The molecule has 1 amide bonds. The predicted molar refractivity (Wildman–Crippen MR) is 109 cm³/mol. The second-order valence-corrected chi connectivity index (χ2v) is 6.54. The van der Waals surface area contributed by atoms with Crippen LogP contribution in [0.15, 0.2) is 61.1 Å². The first-order chi connectivity index (χ1) is 14.2. The molecule has 1 aromatic carbocycles. The second kappa shape index (κ2) is 8.35. The Kier molecular flexibility index (Phi) is 5.29. The number of anilines is 3. The molecule has 0 aliphatic carbocycles. The van der Waals surface area contributed by atoms with Gasteiger partial charge in [-0.25, -0.2) is 15.0 Å². The molecule has 0 atom stereocenters. The van der Waals surface area contributed by atoms with E-state index >= 15 is 0 Å². The second-order valence-electron chi connectivity index (χ2n) is 6.54. The first-order valence-electron chi connectivity index (χ1n) is 9.28. The Balaban J connectivity index is 1.38. The molecule has 1 aliphatic rings. The van der Waals surface area contributed by atoms with Gasteiger partial charge in [-0.3, -0.25) is 4.79 Å². The van der Waals surface area contributed by atoms with Gasteiger partial charge in [0.1, 0.15) is 11.8 Å². The van der Waals surface area contributed by atoms with Crippen molar-refractivity contribution in [1.82, 2.24) is 19.9 Å². The van der Waals surface area contributed by atoms with Gasteiger partial charge in [0.05, 0.1) is 23.1 Å². The Labute approximate surface area is 168 Å². The highest BCUT2D eigenvalue weighted by atomic mass is 16.2. The van der Waals surface area contributed by atoms with Crippen LogP contribution in [0.3, 0.4) is 0 Å². The predicted octanol–water partition coefficient (Wildman–Crippen LogP) is 2.45. The molecule has 8 heteroatoms. The van der Waals surface area contributed by atoms with E-state index in [9.17, 15) is 10.1 Å². The van der Waals surface area contributed by atoms with E-state index < -0.39 is 0 Å². The van der Waals surface area contributed by atoms with E-state index in [4.69, 9.17) is 0 Å². The van der Waals surface area contributed by atoms with E-state index in [0.717, 1.165) is 5.69 Å². The molecule has 2 aromatic heterocycles. The van der Waals surface area contributed by atoms with Crippen LogP contribution in [0.25, 0.3) is 0 Å². The Morgan fingerprint density at radius 3 is 2.41 bits per heavy atom. The Morgan fingerprint density at radius 2 is 1.72 bits per heavy atom. The van der Waals surface area contributed by atoms with Gasteiger partial charge < -0.3 is 15.1 Å². The number of piperazine rings is 1. The van der Waals surface area contributed by atoms with Crippen molar-refractivity contribution in [2.45, 2.75) is 0 Å². The summed E-state index contributed by atoms with van der Waals surface area (Å²) >= 11 is 0. The van der Waals surface area contributed by atoms with Crippen molar-refractivity contribution in [3.05, 3.63) is 72.3 Å². The van der Waals surface area contributed by atoms with Crippen molar-refractivity contribution >= 4 is 23.2 Å². The fourth-order valence-electron chi connectivity index (χ4n) is 3.17. The van der Waals surface area contributed by atoms with Crippen LogP contribution in [0.4, 0.5) is 17.3 Å². The molecule has 0 unspecified atom stereocenters. The molecule has 3 heterocycles. The zero-order valence-corrected chi connectivity index (χ0v) is 15.7. The minimum absolute atomic E-state index is 0.0948. The number of nitriles is 1. The van der Waals surface area contributed by atoms with Gasteiger partial charge in [-0.15, -0.1) is 0 Å². The van der Waals surface area contributed by atoms with Crippen LogP contribution >= 0.6 is 0 Å². The third-order valence-electron chi connectivity index (χ3n) is 4.71. The minimum atomic E-state index is -0.0948. The van der Waals surface area contributed by atoms with Crippen LogP contribution < -0.4 is 10.2 Å². The number of hydrogen-bond acceptors (Lipinski definition) is 7. The minimum Gasteiger partial charge on any atom is -0.353 e. The van der Waals surface area contributed by atoms with Crippen LogP contribution in [0.5, 0.6) is 0 Å². The van der Waals surface area contributed by atoms with E-state index in [1.54, 1.807) is 47.8 Å². The number of amides is 1. The summed E-state index contributed by atoms with van der Waals surface area (Å²) in [7, 11) is 0. The summed E-state index contributed by atoms with van der Waals surface area (Å²) in [5.41, 5.74) is 2.37. The molecule has 0 bridgehead atoms. The maximum absolute atomic E-state index is 12.8. The standard InChI is InChI=1S/C21H19N7O/c22-14-16-4-1-2-5-18(16)26-17-6-7-19(25-15-17)20(29)27-10-12-28(13-11-27)21-23-8-3-9-24-21/h1-9,15,26H,10-13H2. The number of carbonyl (C=O) groups is 1. The monoisotopic (exact) mass is 385 g/mol. The van der Waals surface area contributed by atoms with Gasteiger partial charge in [-0.2, -0.15) is 5.26 Å². The summed E-state index contributed by atoms with van der Waals surface area (Å²) in [5.74, 6) is 0.591. The lowest BCUT2D eigenvalue weighted by Gasteiger charge is -2.34. The summed E-state index contributed by atoms with van der Waals surface area (Å²) in [6, 6.07) is 14.7. The zero-order chi connectivity index (χ0) is 20.1. The molecule has 1 N–H and O–H groups in total. The molecule has 4 rings (SSSR count). The highest BCUT2D eigenvalue weighted by molar-refractivity contribution is 5.92. The van der Waals surface area contributed by atoms with Crippen LogP contribution in [0.2, 0.25) is 0 Å². The highest BCUT2D eigenvalue weighted by Crippen LogP contribution is 2.20. The van der Waals surface area contributed by atoms with Crippen molar-refractivity contribution in [1.29, 1.82) is 5.26 Å².